The molecule has 13 nitrogen and oxygen atoms in total. The molecule has 0 unspecified atom stereocenters. The van der Waals surface area contributed by atoms with E-state index in [1.54, 1.807) is 0 Å². The molecule has 1 amide bonds. The Morgan fingerprint density at radius 2 is 1.19 bits per heavy atom. The van der Waals surface area contributed by atoms with E-state index in [-0.39, 0.29) is 25.4 Å². The topological polar surface area (TPSA) is 173 Å². The SMILES string of the molecule is CCOC(=O)Oc1cc(C(=O)NCC(=O)O)cc(OC(=O)OCC)c1OC(=O)OCC. The Hall–Kier alpha value is -4.03. The molecule has 0 saturated heterocycles. The highest BCUT2D eigenvalue weighted by Gasteiger charge is 2.26. The summed E-state index contributed by atoms with van der Waals surface area (Å²) in [5.41, 5.74) is -0.295. The fourth-order valence-electron chi connectivity index (χ4n) is 1.92. The summed E-state index contributed by atoms with van der Waals surface area (Å²) >= 11 is 0. The van der Waals surface area contributed by atoms with Crippen molar-refractivity contribution in [2.24, 2.45) is 0 Å². The van der Waals surface area contributed by atoms with Crippen molar-refractivity contribution < 1.29 is 57.5 Å². The summed E-state index contributed by atoms with van der Waals surface area (Å²) in [6, 6.07) is 1.89. The van der Waals surface area contributed by atoms with Crippen molar-refractivity contribution in [3.05, 3.63) is 17.7 Å². The summed E-state index contributed by atoms with van der Waals surface area (Å²) in [5, 5.41) is 10.8. The quantitative estimate of drug-likeness (QED) is 0.324. The van der Waals surface area contributed by atoms with Crippen LogP contribution in [-0.2, 0) is 19.0 Å². The number of ether oxygens (including phenoxy) is 6. The summed E-state index contributed by atoms with van der Waals surface area (Å²) in [4.78, 5) is 58.3. The molecule has 0 aliphatic rings. The Kier molecular flexibility index (Phi) is 10.1. The number of hydrogen-bond donors (Lipinski definition) is 2. The largest absolute Gasteiger partial charge is 0.514 e. The van der Waals surface area contributed by atoms with E-state index < -0.39 is 54.1 Å². The zero-order valence-corrected chi connectivity index (χ0v) is 16.9. The number of rotatable bonds is 9. The van der Waals surface area contributed by atoms with Crippen molar-refractivity contribution in [1.29, 1.82) is 0 Å². The fourth-order valence-corrected chi connectivity index (χ4v) is 1.92. The van der Waals surface area contributed by atoms with Gasteiger partial charge >= 0.3 is 24.4 Å². The van der Waals surface area contributed by atoms with E-state index in [4.69, 9.17) is 19.3 Å². The summed E-state index contributed by atoms with van der Waals surface area (Å²) in [5.74, 6) is -3.92. The van der Waals surface area contributed by atoms with Crippen LogP contribution in [0.1, 0.15) is 31.1 Å². The lowest BCUT2D eigenvalue weighted by Gasteiger charge is -2.15. The highest BCUT2D eigenvalue weighted by molar-refractivity contribution is 5.97. The molecule has 0 aliphatic carbocycles. The van der Waals surface area contributed by atoms with Gasteiger partial charge in [0.2, 0.25) is 5.75 Å². The van der Waals surface area contributed by atoms with Gasteiger partial charge in [0.25, 0.3) is 5.91 Å². The van der Waals surface area contributed by atoms with E-state index in [1.807, 2.05) is 0 Å². The van der Waals surface area contributed by atoms with E-state index in [2.05, 4.69) is 19.5 Å². The van der Waals surface area contributed by atoms with Crippen LogP contribution in [0.2, 0.25) is 0 Å². The smallest absolute Gasteiger partial charge is 0.480 e. The third-order valence-corrected chi connectivity index (χ3v) is 3.04. The molecule has 0 radical (unpaired) electrons. The van der Waals surface area contributed by atoms with Crippen LogP contribution in [-0.4, -0.2) is 61.8 Å². The minimum Gasteiger partial charge on any atom is -0.480 e. The summed E-state index contributed by atoms with van der Waals surface area (Å²) in [6.07, 6.45) is -3.67. The molecule has 0 saturated carbocycles. The monoisotopic (exact) mass is 443 g/mol. The molecule has 1 aromatic rings. The van der Waals surface area contributed by atoms with Gasteiger partial charge in [0, 0.05) is 5.56 Å². The Balaban J connectivity index is 3.48. The minimum atomic E-state index is -1.32. The maximum Gasteiger partial charge on any atom is 0.514 e. The molecule has 1 aromatic carbocycles. The lowest BCUT2D eigenvalue weighted by molar-refractivity contribution is -0.135. The first-order valence-corrected chi connectivity index (χ1v) is 8.93. The van der Waals surface area contributed by atoms with Gasteiger partial charge in [-0.2, -0.15) is 0 Å². The number of aliphatic carboxylic acids is 1. The summed E-state index contributed by atoms with van der Waals surface area (Å²) < 4.78 is 28.8. The normalized spacial score (nSPS) is 9.77. The maximum atomic E-state index is 12.3. The molecule has 0 heterocycles. The molecule has 1 rings (SSSR count). The molecular formula is C18H21NO12. The first kappa shape index (κ1) is 25.0. The Morgan fingerprint density at radius 3 is 1.58 bits per heavy atom. The molecular weight excluding hydrogens is 422 g/mol. The van der Waals surface area contributed by atoms with Crippen molar-refractivity contribution in [1.82, 2.24) is 5.32 Å². The van der Waals surface area contributed by atoms with Crippen LogP contribution < -0.4 is 19.5 Å². The molecule has 2 N–H and O–H groups in total. The van der Waals surface area contributed by atoms with Crippen molar-refractivity contribution >= 4 is 30.3 Å². The molecule has 0 bridgehead atoms. The zero-order chi connectivity index (χ0) is 23.4. The van der Waals surface area contributed by atoms with Gasteiger partial charge in [0.1, 0.15) is 6.54 Å². The highest BCUT2D eigenvalue weighted by atomic mass is 16.8. The first-order valence-electron chi connectivity index (χ1n) is 8.93. The van der Waals surface area contributed by atoms with Gasteiger partial charge in [0.15, 0.2) is 11.5 Å². The predicted molar refractivity (Wildman–Crippen MR) is 99.4 cm³/mol. The van der Waals surface area contributed by atoms with Gasteiger partial charge in [-0.25, -0.2) is 14.4 Å². The van der Waals surface area contributed by atoms with E-state index in [0.29, 0.717) is 0 Å². The number of amides is 1. The average molecular weight is 443 g/mol. The molecule has 170 valence electrons. The van der Waals surface area contributed by atoms with Gasteiger partial charge < -0.3 is 38.8 Å². The summed E-state index contributed by atoms with van der Waals surface area (Å²) in [6.45, 7) is 3.61. The third-order valence-electron chi connectivity index (χ3n) is 3.04. The van der Waals surface area contributed by atoms with E-state index in [9.17, 15) is 24.0 Å². The second-order valence-corrected chi connectivity index (χ2v) is 5.23. The zero-order valence-electron chi connectivity index (χ0n) is 16.9. The third kappa shape index (κ3) is 8.47. The number of hydrogen-bond acceptors (Lipinski definition) is 11. The Bertz CT molecular complexity index is 794. The highest BCUT2D eigenvalue weighted by Crippen LogP contribution is 2.40. The Labute approximate surface area is 176 Å². The van der Waals surface area contributed by atoms with Gasteiger partial charge in [-0.1, -0.05) is 0 Å². The molecule has 0 spiro atoms. The van der Waals surface area contributed by atoms with Crippen molar-refractivity contribution in [2.45, 2.75) is 20.8 Å². The fraction of sp³-hybridized carbons (Fsp3) is 0.389. The number of nitrogens with one attached hydrogen (secondary N) is 1. The van der Waals surface area contributed by atoms with Crippen LogP contribution in [0.15, 0.2) is 12.1 Å². The van der Waals surface area contributed by atoms with Crippen molar-refractivity contribution in [3.63, 3.8) is 0 Å². The van der Waals surface area contributed by atoms with E-state index in [0.717, 1.165) is 12.1 Å². The molecule has 0 fully saturated rings. The number of carboxylic acids is 1. The van der Waals surface area contributed by atoms with Crippen LogP contribution in [0.4, 0.5) is 14.4 Å². The van der Waals surface area contributed by atoms with Gasteiger partial charge in [-0.15, -0.1) is 0 Å². The lowest BCUT2D eigenvalue weighted by Crippen LogP contribution is -2.29. The van der Waals surface area contributed by atoms with Crippen LogP contribution in [0.25, 0.3) is 0 Å². The Morgan fingerprint density at radius 1 is 0.774 bits per heavy atom. The summed E-state index contributed by atoms with van der Waals surface area (Å²) in [7, 11) is 0. The molecule has 0 aromatic heterocycles. The van der Waals surface area contributed by atoms with Crippen LogP contribution in [0.5, 0.6) is 17.2 Å². The standard InChI is InChI=1S/C18H21NO12/c1-4-26-16(23)29-11-7-10(15(22)19-9-13(20)21)8-12(30-17(24)27-5-2)14(11)31-18(25)28-6-3/h7-8H,4-6,9H2,1-3H3,(H,19,22)(H,20,21). The molecule has 31 heavy (non-hydrogen) atoms. The molecule has 0 aliphatic heterocycles. The molecule has 13 heteroatoms. The van der Waals surface area contributed by atoms with Crippen molar-refractivity contribution in [3.8, 4) is 17.2 Å². The van der Waals surface area contributed by atoms with Gasteiger partial charge in [-0.05, 0) is 32.9 Å². The van der Waals surface area contributed by atoms with Gasteiger partial charge in [-0.3, -0.25) is 9.59 Å². The number of carboxylic acid groups (broad SMARTS) is 1. The van der Waals surface area contributed by atoms with Crippen LogP contribution >= 0.6 is 0 Å². The van der Waals surface area contributed by atoms with E-state index in [1.165, 1.54) is 20.8 Å². The van der Waals surface area contributed by atoms with Crippen molar-refractivity contribution in [2.75, 3.05) is 26.4 Å². The first-order chi connectivity index (χ1) is 14.7. The van der Waals surface area contributed by atoms with Crippen LogP contribution in [0.3, 0.4) is 0 Å². The second kappa shape index (κ2) is 12.5. The van der Waals surface area contributed by atoms with E-state index >= 15 is 0 Å². The maximum absolute atomic E-state index is 12.3. The van der Waals surface area contributed by atoms with Crippen LogP contribution in [0, 0.1) is 0 Å². The lowest BCUT2D eigenvalue weighted by atomic mass is 10.1. The number of carbonyl (C=O) groups excluding carboxylic acids is 4. The number of carbonyl (C=O) groups is 5. The average Bonchev–Trinajstić information content (AvgIpc) is 2.68. The van der Waals surface area contributed by atoms with Gasteiger partial charge in [0.05, 0.1) is 19.8 Å². The second-order valence-electron chi connectivity index (χ2n) is 5.23. The molecule has 0 atom stereocenters. The number of benzene rings is 1. The minimum absolute atomic E-state index is 0.0577. The predicted octanol–water partition coefficient (Wildman–Crippen LogP) is 2.11.